The van der Waals surface area contributed by atoms with Crippen molar-refractivity contribution in [3.63, 3.8) is 0 Å². The average Bonchev–Trinajstić information content (AvgIpc) is 3.08. The molecule has 6 heteroatoms. The van der Waals surface area contributed by atoms with Crippen molar-refractivity contribution in [2.45, 2.75) is 45.3 Å². The Kier molecular flexibility index (Phi) is 5.27. The Balaban J connectivity index is 1.61. The summed E-state index contributed by atoms with van der Waals surface area (Å²) in [7, 11) is 0. The number of carbonyl (C=O) groups excluding carboxylic acids is 2. The van der Waals surface area contributed by atoms with Crippen LogP contribution < -0.4 is 10.2 Å². The molecule has 25 heavy (non-hydrogen) atoms. The summed E-state index contributed by atoms with van der Waals surface area (Å²) in [5.74, 6) is 0.0755. The minimum absolute atomic E-state index is 0.0465. The summed E-state index contributed by atoms with van der Waals surface area (Å²) in [6.45, 7) is 5.63. The maximum Gasteiger partial charge on any atom is 0.318 e. The van der Waals surface area contributed by atoms with E-state index in [1.807, 2.05) is 31.2 Å². The number of hydrogen-bond acceptors (Lipinski definition) is 3. The van der Waals surface area contributed by atoms with Crippen molar-refractivity contribution >= 4 is 17.6 Å². The highest BCUT2D eigenvalue weighted by Gasteiger charge is 2.34. The van der Waals surface area contributed by atoms with Crippen LogP contribution in [0.25, 0.3) is 0 Å². The molecule has 2 heterocycles. The molecule has 1 aromatic carbocycles. The first kappa shape index (κ1) is 17.7. The number of amides is 3. The van der Waals surface area contributed by atoms with E-state index in [1.165, 1.54) is 0 Å². The van der Waals surface area contributed by atoms with Crippen LogP contribution in [0.5, 0.6) is 0 Å². The molecule has 2 aliphatic heterocycles. The highest BCUT2D eigenvalue weighted by atomic mass is 16.3. The van der Waals surface area contributed by atoms with Crippen LogP contribution >= 0.6 is 0 Å². The zero-order chi connectivity index (χ0) is 18.0. The summed E-state index contributed by atoms with van der Waals surface area (Å²) in [5, 5.41) is 12.6. The number of aliphatic hydroxyl groups excluding tert-OH is 1. The summed E-state index contributed by atoms with van der Waals surface area (Å²) in [4.78, 5) is 28.7. The highest BCUT2D eigenvalue weighted by molar-refractivity contribution is 5.99. The highest BCUT2D eigenvalue weighted by Crippen LogP contribution is 2.23. The van der Waals surface area contributed by atoms with Crippen molar-refractivity contribution in [2.24, 2.45) is 5.92 Å². The van der Waals surface area contributed by atoms with Crippen molar-refractivity contribution in [3.05, 3.63) is 29.8 Å². The molecule has 0 radical (unpaired) electrons. The van der Waals surface area contributed by atoms with E-state index in [0.29, 0.717) is 26.1 Å². The second-order valence-electron chi connectivity index (χ2n) is 7.21. The lowest BCUT2D eigenvalue weighted by Gasteiger charge is -2.33. The van der Waals surface area contributed by atoms with E-state index in [9.17, 15) is 14.7 Å². The lowest BCUT2D eigenvalue weighted by Crippen LogP contribution is -2.55. The number of urea groups is 1. The van der Waals surface area contributed by atoms with Crippen LogP contribution in [-0.4, -0.2) is 53.7 Å². The fourth-order valence-electron chi connectivity index (χ4n) is 3.60. The third kappa shape index (κ3) is 3.95. The molecule has 0 saturated carbocycles. The number of nitrogens with zero attached hydrogens (tertiary/aromatic N) is 2. The second kappa shape index (κ2) is 7.44. The van der Waals surface area contributed by atoms with Gasteiger partial charge in [0.05, 0.1) is 6.10 Å². The van der Waals surface area contributed by atoms with Gasteiger partial charge in [-0.25, -0.2) is 4.79 Å². The van der Waals surface area contributed by atoms with Crippen molar-refractivity contribution in [2.75, 3.05) is 24.5 Å². The van der Waals surface area contributed by atoms with Crippen LogP contribution in [0.3, 0.4) is 0 Å². The number of aliphatic hydroxyl groups is 1. The van der Waals surface area contributed by atoms with Crippen LogP contribution in [0, 0.1) is 12.8 Å². The summed E-state index contributed by atoms with van der Waals surface area (Å²) in [6.07, 6.45) is 1.92. The second-order valence-corrected chi connectivity index (χ2v) is 7.21. The van der Waals surface area contributed by atoms with E-state index in [1.54, 1.807) is 16.7 Å². The lowest BCUT2D eigenvalue weighted by molar-refractivity contribution is -0.121. The van der Waals surface area contributed by atoms with Crippen molar-refractivity contribution in [1.29, 1.82) is 0 Å². The van der Waals surface area contributed by atoms with Crippen molar-refractivity contribution in [1.82, 2.24) is 10.2 Å². The fraction of sp³-hybridized carbons (Fsp3) is 0.579. The van der Waals surface area contributed by atoms with Gasteiger partial charge in [0.2, 0.25) is 5.91 Å². The molecule has 3 rings (SSSR count). The van der Waals surface area contributed by atoms with Crippen LogP contribution in [0.2, 0.25) is 0 Å². The molecule has 2 aliphatic rings. The van der Waals surface area contributed by atoms with Gasteiger partial charge in [0.25, 0.3) is 0 Å². The van der Waals surface area contributed by atoms with Crippen LogP contribution in [-0.2, 0) is 4.79 Å². The molecule has 1 aromatic rings. The Morgan fingerprint density at radius 2 is 1.96 bits per heavy atom. The molecular weight excluding hydrogens is 318 g/mol. The number of aryl methyl sites for hydroxylation is 1. The third-order valence-electron chi connectivity index (χ3n) is 5.28. The van der Waals surface area contributed by atoms with Gasteiger partial charge >= 0.3 is 6.03 Å². The molecule has 2 N–H and O–H groups in total. The minimum Gasteiger partial charge on any atom is -0.393 e. The first-order valence-corrected chi connectivity index (χ1v) is 9.07. The maximum absolute atomic E-state index is 12.8. The van der Waals surface area contributed by atoms with E-state index < -0.39 is 12.1 Å². The molecule has 2 fully saturated rings. The van der Waals surface area contributed by atoms with Crippen molar-refractivity contribution in [3.8, 4) is 0 Å². The van der Waals surface area contributed by atoms with Crippen LogP contribution in [0.1, 0.15) is 31.7 Å². The van der Waals surface area contributed by atoms with E-state index in [-0.39, 0.29) is 17.9 Å². The Morgan fingerprint density at radius 1 is 1.24 bits per heavy atom. The zero-order valence-corrected chi connectivity index (χ0v) is 14.9. The molecule has 3 unspecified atom stereocenters. The quantitative estimate of drug-likeness (QED) is 0.879. The Labute approximate surface area is 148 Å². The van der Waals surface area contributed by atoms with Crippen molar-refractivity contribution < 1.29 is 14.7 Å². The van der Waals surface area contributed by atoms with Gasteiger partial charge in [-0.2, -0.15) is 0 Å². The first-order chi connectivity index (χ1) is 12.0. The van der Waals surface area contributed by atoms with Gasteiger partial charge in [-0.1, -0.05) is 17.7 Å². The Morgan fingerprint density at radius 3 is 2.60 bits per heavy atom. The number of likely N-dealkylation sites (tertiary alicyclic amines) is 1. The fourth-order valence-corrected chi connectivity index (χ4v) is 3.60. The van der Waals surface area contributed by atoms with Gasteiger partial charge in [-0.15, -0.1) is 0 Å². The molecule has 6 nitrogen and oxygen atoms in total. The molecule has 3 atom stereocenters. The van der Waals surface area contributed by atoms with Gasteiger partial charge in [-0.05, 0) is 45.2 Å². The predicted octanol–water partition coefficient (Wildman–Crippen LogP) is 1.90. The molecule has 0 aromatic heterocycles. The molecule has 2 saturated heterocycles. The van der Waals surface area contributed by atoms with Gasteiger partial charge in [0.15, 0.2) is 0 Å². The molecule has 136 valence electrons. The van der Waals surface area contributed by atoms with E-state index in [2.05, 4.69) is 5.32 Å². The van der Waals surface area contributed by atoms with E-state index >= 15 is 0 Å². The normalized spacial score (nSPS) is 25.2. The Bertz CT molecular complexity index is 629. The zero-order valence-electron chi connectivity index (χ0n) is 14.9. The largest absolute Gasteiger partial charge is 0.393 e. The summed E-state index contributed by atoms with van der Waals surface area (Å²) < 4.78 is 0. The summed E-state index contributed by atoms with van der Waals surface area (Å²) in [6, 6.07) is 7.20. The molecule has 3 amide bonds. The number of benzene rings is 1. The molecule has 0 spiro atoms. The smallest absolute Gasteiger partial charge is 0.318 e. The minimum atomic E-state index is -0.479. The van der Waals surface area contributed by atoms with Gasteiger partial charge in [0, 0.05) is 31.2 Å². The summed E-state index contributed by atoms with van der Waals surface area (Å²) >= 11 is 0. The number of anilines is 1. The topological polar surface area (TPSA) is 72.9 Å². The van der Waals surface area contributed by atoms with Gasteiger partial charge in [-0.3, -0.25) is 4.79 Å². The van der Waals surface area contributed by atoms with Crippen LogP contribution in [0.4, 0.5) is 10.5 Å². The van der Waals surface area contributed by atoms with E-state index in [4.69, 9.17) is 0 Å². The average molecular weight is 345 g/mol. The number of hydrogen-bond donors (Lipinski definition) is 2. The molecular formula is C19H27N3O3. The number of nitrogens with one attached hydrogen (secondary N) is 1. The van der Waals surface area contributed by atoms with Crippen LogP contribution in [0.15, 0.2) is 24.3 Å². The number of piperidine rings is 1. The third-order valence-corrected chi connectivity index (χ3v) is 5.28. The molecule has 0 aliphatic carbocycles. The number of carbonyl (C=O) groups is 2. The number of rotatable bonds is 3. The molecule has 0 bridgehead atoms. The lowest BCUT2D eigenvalue weighted by atomic mass is 10.0. The van der Waals surface area contributed by atoms with Gasteiger partial charge < -0.3 is 20.2 Å². The SMILES string of the molecule is Cc1ccc(N2CCCC(NC(=O)N3CCC(C(C)O)C3)C2=O)cc1. The Hall–Kier alpha value is -2.08. The van der Waals surface area contributed by atoms with E-state index in [0.717, 1.165) is 24.1 Å². The monoisotopic (exact) mass is 345 g/mol. The maximum atomic E-state index is 12.8. The van der Waals surface area contributed by atoms with Gasteiger partial charge in [0.1, 0.15) is 6.04 Å². The standard InChI is InChI=1S/C19H27N3O3/c1-13-5-7-16(8-6-13)22-10-3-4-17(18(22)24)20-19(25)21-11-9-15(12-21)14(2)23/h5-8,14-15,17,23H,3-4,9-12H2,1-2H3,(H,20,25). The predicted molar refractivity (Wildman–Crippen MR) is 96.4 cm³/mol. The first-order valence-electron chi connectivity index (χ1n) is 9.07. The summed E-state index contributed by atoms with van der Waals surface area (Å²) in [5.41, 5.74) is 2.03.